The first-order valence-corrected chi connectivity index (χ1v) is 8.15. The number of alkyl halides is 1. The molecule has 2 atom stereocenters. The average molecular weight is 283 g/mol. The van der Waals surface area contributed by atoms with E-state index >= 15 is 0 Å². The Bertz CT molecular complexity index is 330. The van der Waals surface area contributed by atoms with Crippen molar-refractivity contribution in [1.29, 1.82) is 0 Å². The van der Waals surface area contributed by atoms with Gasteiger partial charge in [0.2, 0.25) is 0 Å². The minimum Gasteiger partial charge on any atom is -0.195 e. The summed E-state index contributed by atoms with van der Waals surface area (Å²) in [5, 5.41) is -0.0564. The van der Waals surface area contributed by atoms with Crippen molar-refractivity contribution in [3.63, 3.8) is 0 Å². The molecule has 0 amide bonds. The van der Waals surface area contributed by atoms with E-state index in [0.29, 0.717) is 13.1 Å². The third-order valence-electron chi connectivity index (χ3n) is 3.51. The van der Waals surface area contributed by atoms with E-state index in [2.05, 4.69) is 0 Å². The molecule has 0 aliphatic heterocycles. The first-order chi connectivity index (χ1) is 7.95. The van der Waals surface area contributed by atoms with E-state index in [1.165, 1.54) is 8.61 Å². The standard InChI is InChI=1S/C11H23ClN2O2S/c1-4-14(5-2)17(15,16)13(3)11-9-7-6-8-10(11)12/h10-11H,4-9H2,1-3H3. The predicted octanol–water partition coefficient (Wildman–Crippen LogP) is 2.05. The van der Waals surface area contributed by atoms with Crippen LogP contribution in [0.2, 0.25) is 0 Å². The molecule has 0 aromatic carbocycles. The number of nitrogens with zero attached hydrogens (tertiary/aromatic N) is 2. The van der Waals surface area contributed by atoms with Crippen molar-refractivity contribution < 1.29 is 8.42 Å². The fraction of sp³-hybridized carbons (Fsp3) is 1.00. The van der Waals surface area contributed by atoms with Crippen molar-refractivity contribution in [3.8, 4) is 0 Å². The van der Waals surface area contributed by atoms with Crippen LogP contribution in [0.3, 0.4) is 0 Å². The Balaban J connectivity index is 2.83. The van der Waals surface area contributed by atoms with E-state index in [9.17, 15) is 8.42 Å². The van der Waals surface area contributed by atoms with Crippen LogP contribution in [-0.4, -0.2) is 48.6 Å². The van der Waals surface area contributed by atoms with Gasteiger partial charge < -0.3 is 0 Å². The Hall–Kier alpha value is 0.160. The van der Waals surface area contributed by atoms with E-state index in [1.54, 1.807) is 7.05 Å². The minimum absolute atomic E-state index is 0.0564. The molecular formula is C11H23ClN2O2S. The van der Waals surface area contributed by atoms with Crippen LogP contribution in [0.15, 0.2) is 0 Å². The zero-order valence-electron chi connectivity index (χ0n) is 10.9. The smallest absolute Gasteiger partial charge is 0.195 e. The number of hydrogen-bond acceptors (Lipinski definition) is 2. The van der Waals surface area contributed by atoms with Crippen molar-refractivity contribution in [3.05, 3.63) is 0 Å². The second-order valence-electron chi connectivity index (χ2n) is 4.48. The number of halogens is 1. The summed E-state index contributed by atoms with van der Waals surface area (Å²) in [7, 11) is -1.70. The van der Waals surface area contributed by atoms with Crippen LogP contribution in [-0.2, 0) is 10.2 Å². The molecule has 0 aromatic heterocycles. The molecule has 0 aromatic rings. The molecule has 1 saturated carbocycles. The number of hydrogen-bond donors (Lipinski definition) is 0. The van der Waals surface area contributed by atoms with Gasteiger partial charge in [-0.15, -0.1) is 11.6 Å². The Morgan fingerprint density at radius 3 is 2.18 bits per heavy atom. The van der Waals surface area contributed by atoms with Crippen LogP contribution < -0.4 is 0 Å². The zero-order chi connectivity index (χ0) is 13.1. The van der Waals surface area contributed by atoms with Crippen molar-refractivity contribution >= 4 is 21.8 Å². The Morgan fingerprint density at radius 1 is 1.18 bits per heavy atom. The summed E-state index contributed by atoms with van der Waals surface area (Å²) in [5.74, 6) is 0. The van der Waals surface area contributed by atoms with Crippen molar-refractivity contribution in [2.75, 3.05) is 20.1 Å². The molecular weight excluding hydrogens is 260 g/mol. The van der Waals surface area contributed by atoms with Crippen molar-refractivity contribution in [2.45, 2.75) is 50.9 Å². The second-order valence-corrected chi connectivity index (χ2v) is 7.02. The number of rotatable bonds is 5. The first-order valence-electron chi connectivity index (χ1n) is 6.32. The van der Waals surface area contributed by atoms with E-state index < -0.39 is 10.2 Å². The minimum atomic E-state index is -3.35. The zero-order valence-corrected chi connectivity index (χ0v) is 12.5. The highest BCUT2D eigenvalue weighted by atomic mass is 35.5. The molecule has 0 radical (unpaired) electrons. The normalized spacial score (nSPS) is 26.7. The molecule has 17 heavy (non-hydrogen) atoms. The van der Waals surface area contributed by atoms with Gasteiger partial charge in [-0.25, -0.2) is 0 Å². The molecule has 6 heteroatoms. The molecule has 0 N–H and O–H groups in total. The molecule has 0 saturated heterocycles. The van der Waals surface area contributed by atoms with Gasteiger partial charge in [0, 0.05) is 26.2 Å². The summed E-state index contributed by atoms with van der Waals surface area (Å²) in [5.41, 5.74) is 0. The van der Waals surface area contributed by atoms with E-state index in [-0.39, 0.29) is 11.4 Å². The summed E-state index contributed by atoms with van der Waals surface area (Å²) in [4.78, 5) is 0. The van der Waals surface area contributed by atoms with Gasteiger partial charge in [0.15, 0.2) is 0 Å². The first kappa shape index (κ1) is 15.2. The second kappa shape index (κ2) is 6.36. The fourth-order valence-corrected chi connectivity index (χ4v) is 4.51. The van der Waals surface area contributed by atoms with Gasteiger partial charge in [-0.05, 0) is 12.8 Å². The molecule has 0 spiro atoms. The quantitative estimate of drug-likeness (QED) is 0.724. The summed E-state index contributed by atoms with van der Waals surface area (Å²) < 4.78 is 27.6. The maximum Gasteiger partial charge on any atom is 0.282 e. The van der Waals surface area contributed by atoms with Gasteiger partial charge in [-0.3, -0.25) is 0 Å². The van der Waals surface area contributed by atoms with Crippen LogP contribution in [0.25, 0.3) is 0 Å². The van der Waals surface area contributed by atoms with Gasteiger partial charge in [-0.2, -0.15) is 17.0 Å². The van der Waals surface area contributed by atoms with Crippen LogP contribution in [0.5, 0.6) is 0 Å². The molecule has 0 heterocycles. The Morgan fingerprint density at radius 2 is 1.71 bits per heavy atom. The van der Waals surface area contributed by atoms with Crippen molar-refractivity contribution in [1.82, 2.24) is 8.61 Å². The lowest BCUT2D eigenvalue weighted by Crippen LogP contribution is -2.50. The summed E-state index contributed by atoms with van der Waals surface area (Å²) in [6.45, 7) is 4.72. The lowest BCUT2D eigenvalue weighted by molar-refractivity contribution is 0.270. The van der Waals surface area contributed by atoms with Gasteiger partial charge in [-0.1, -0.05) is 26.7 Å². The van der Waals surface area contributed by atoms with E-state index in [1.807, 2.05) is 13.8 Å². The van der Waals surface area contributed by atoms with Gasteiger partial charge in [0.1, 0.15) is 0 Å². The van der Waals surface area contributed by atoms with E-state index in [0.717, 1.165) is 25.7 Å². The van der Waals surface area contributed by atoms with Crippen LogP contribution in [0, 0.1) is 0 Å². The summed E-state index contributed by atoms with van der Waals surface area (Å²) in [6.07, 6.45) is 3.94. The van der Waals surface area contributed by atoms with Gasteiger partial charge in [0.25, 0.3) is 10.2 Å². The molecule has 4 nitrogen and oxygen atoms in total. The molecule has 1 fully saturated rings. The predicted molar refractivity (Wildman–Crippen MR) is 71.5 cm³/mol. The molecule has 1 aliphatic carbocycles. The highest BCUT2D eigenvalue weighted by Crippen LogP contribution is 2.28. The lowest BCUT2D eigenvalue weighted by atomic mass is 9.95. The lowest BCUT2D eigenvalue weighted by Gasteiger charge is -2.36. The molecule has 0 bridgehead atoms. The summed E-state index contributed by atoms with van der Waals surface area (Å²) in [6, 6.07) is -0.0592. The third kappa shape index (κ3) is 3.34. The summed E-state index contributed by atoms with van der Waals surface area (Å²) >= 11 is 6.25. The maximum atomic E-state index is 12.3. The van der Waals surface area contributed by atoms with Gasteiger partial charge >= 0.3 is 0 Å². The van der Waals surface area contributed by atoms with Crippen LogP contribution in [0.1, 0.15) is 39.5 Å². The molecule has 102 valence electrons. The highest BCUT2D eigenvalue weighted by Gasteiger charge is 2.35. The monoisotopic (exact) mass is 282 g/mol. The maximum absolute atomic E-state index is 12.3. The molecule has 2 unspecified atom stereocenters. The topological polar surface area (TPSA) is 40.6 Å². The Labute approximate surface area is 110 Å². The largest absolute Gasteiger partial charge is 0.282 e. The Kier molecular flexibility index (Phi) is 5.70. The fourth-order valence-electron chi connectivity index (χ4n) is 2.38. The van der Waals surface area contributed by atoms with Gasteiger partial charge in [0.05, 0.1) is 5.38 Å². The van der Waals surface area contributed by atoms with Crippen LogP contribution in [0.4, 0.5) is 0 Å². The molecule has 1 rings (SSSR count). The third-order valence-corrected chi connectivity index (χ3v) is 6.19. The highest BCUT2D eigenvalue weighted by molar-refractivity contribution is 7.86. The average Bonchev–Trinajstić information content (AvgIpc) is 2.30. The molecule has 1 aliphatic rings. The van der Waals surface area contributed by atoms with E-state index in [4.69, 9.17) is 11.6 Å². The SMILES string of the molecule is CCN(CC)S(=O)(=O)N(C)C1CCCCC1Cl. The van der Waals surface area contributed by atoms with Crippen molar-refractivity contribution in [2.24, 2.45) is 0 Å². The van der Waals surface area contributed by atoms with Crippen LogP contribution >= 0.6 is 11.6 Å².